The molecule has 1 amide bonds. The van der Waals surface area contributed by atoms with Gasteiger partial charge in [0.2, 0.25) is 0 Å². The molecule has 2 aromatic heterocycles. The number of carbonyl (C=O) groups excluding carboxylic acids is 1. The molecule has 3 heterocycles. The van der Waals surface area contributed by atoms with Crippen molar-refractivity contribution in [3.05, 3.63) is 75.3 Å². The van der Waals surface area contributed by atoms with Crippen molar-refractivity contribution in [3.63, 3.8) is 0 Å². The Labute approximate surface area is 221 Å². The summed E-state index contributed by atoms with van der Waals surface area (Å²) in [7, 11) is 0. The Morgan fingerprint density at radius 3 is 2.42 bits per heavy atom. The van der Waals surface area contributed by atoms with Crippen LogP contribution in [0.2, 0.25) is 10.0 Å². The first-order chi connectivity index (χ1) is 17.4. The van der Waals surface area contributed by atoms with Crippen LogP contribution in [0.25, 0.3) is 5.69 Å². The molecule has 0 radical (unpaired) electrons. The van der Waals surface area contributed by atoms with Gasteiger partial charge in [0.1, 0.15) is 13.2 Å². The van der Waals surface area contributed by atoms with E-state index < -0.39 is 5.91 Å². The molecule has 0 saturated carbocycles. The van der Waals surface area contributed by atoms with Crippen molar-refractivity contribution in [1.29, 1.82) is 0 Å². The van der Waals surface area contributed by atoms with E-state index >= 15 is 0 Å². The number of hydrogen-bond acceptors (Lipinski definition) is 8. The molecule has 2 aromatic carbocycles. The van der Waals surface area contributed by atoms with Crippen LogP contribution in [0.1, 0.15) is 27.6 Å². The molecule has 1 N–H and O–H groups in total. The first-order valence-electron chi connectivity index (χ1n) is 10.9. The van der Waals surface area contributed by atoms with Crippen LogP contribution in [0.4, 0.5) is 5.69 Å². The van der Waals surface area contributed by atoms with Gasteiger partial charge in [-0.15, -0.1) is 5.10 Å². The highest BCUT2D eigenvalue weighted by molar-refractivity contribution is 7.98. The average Bonchev–Trinajstić information content (AvgIpc) is 3.26. The molecule has 1 aliphatic rings. The summed E-state index contributed by atoms with van der Waals surface area (Å²) in [6.45, 7) is 4.75. The molecule has 12 heteroatoms. The number of aromatic nitrogens is 5. The van der Waals surface area contributed by atoms with Gasteiger partial charge in [-0.3, -0.25) is 4.79 Å². The highest BCUT2D eigenvalue weighted by Gasteiger charge is 2.23. The molecule has 0 aliphatic carbocycles. The molecular formula is C24H20Cl2N6O3S. The summed E-state index contributed by atoms with van der Waals surface area (Å²) in [5, 5.41) is 12.8. The summed E-state index contributed by atoms with van der Waals surface area (Å²) in [4.78, 5) is 22.3. The van der Waals surface area contributed by atoms with E-state index in [0.717, 1.165) is 11.4 Å². The number of benzene rings is 2. The van der Waals surface area contributed by atoms with Gasteiger partial charge in [-0.25, -0.2) is 14.6 Å². The second-order valence-electron chi connectivity index (χ2n) is 7.96. The Balaban J connectivity index is 1.47. The summed E-state index contributed by atoms with van der Waals surface area (Å²) in [5.74, 6) is 1.10. The van der Waals surface area contributed by atoms with Crippen LogP contribution in [0.5, 0.6) is 11.5 Å². The SMILES string of the molecule is Cc1cc(C)nc(SCc2c(C(=O)Nc3ccc4c(c3)OCCO4)nnn2-c2cc(Cl)cc(Cl)c2)n1. The number of rotatable bonds is 6. The third-order valence-corrected chi connectivity index (χ3v) is 6.46. The van der Waals surface area contributed by atoms with Crippen molar-refractivity contribution in [2.45, 2.75) is 24.8 Å². The largest absolute Gasteiger partial charge is 0.486 e. The number of thioether (sulfide) groups is 1. The van der Waals surface area contributed by atoms with E-state index in [2.05, 4.69) is 25.6 Å². The zero-order valence-electron chi connectivity index (χ0n) is 19.3. The minimum absolute atomic E-state index is 0.151. The number of hydrogen-bond donors (Lipinski definition) is 1. The topological polar surface area (TPSA) is 104 Å². The van der Waals surface area contributed by atoms with E-state index in [4.69, 9.17) is 32.7 Å². The number of ether oxygens (including phenoxy) is 2. The van der Waals surface area contributed by atoms with Gasteiger partial charge in [0.25, 0.3) is 5.91 Å². The summed E-state index contributed by atoms with van der Waals surface area (Å²) < 4.78 is 12.7. The zero-order chi connectivity index (χ0) is 25.2. The van der Waals surface area contributed by atoms with E-state index in [-0.39, 0.29) is 5.69 Å². The van der Waals surface area contributed by atoms with Gasteiger partial charge in [0.05, 0.1) is 11.4 Å². The number of amides is 1. The van der Waals surface area contributed by atoms with Crippen LogP contribution in [0, 0.1) is 13.8 Å². The number of anilines is 1. The van der Waals surface area contributed by atoms with Gasteiger partial charge in [-0.1, -0.05) is 40.2 Å². The summed E-state index contributed by atoms with van der Waals surface area (Å²) in [6, 6.07) is 12.1. The van der Waals surface area contributed by atoms with Gasteiger partial charge >= 0.3 is 0 Å². The van der Waals surface area contributed by atoms with Gasteiger partial charge in [-0.05, 0) is 50.2 Å². The van der Waals surface area contributed by atoms with Crippen LogP contribution in [-0.4, -0.2) is 44.1 Å². The van der Waals surface area contributed by atoms with E-state index in [1.807, 2.05) is 19.9 Å². The quantitative estimate of drug-likeness (QED) is 0.258. The normalized spacial score (nSPS) is 12.4. The minimum atomic E-state index is -0.428. The predicted molar refractivity (Wildman–Crippen MR) is 138 cm³/mol. The fourth-order valence-corrected chi connectivity index (χ4v) is 5.14. The van der Waals surface area contributed by atoms with E-state index in [1.54, 1.807) is 41.1 Å². The third kappa shape index (κ3) is 5.40. The summed E-state index contributed by atoms with van der Waals surface area (Å²) in [6.07, 6.45) is 0. The number of halogens is 2. The second-order valence-corrected chi connectivity index (χ2v) is 9.77. The average molecular weight is 543 g/mol. The standard InChI is InChI=1S/C24H20Cl2N6O3S/c1-13-7-14(2)28-24(27-13)36-12-19-22(30-31-32(19)18-9-15(25)8-16(26)10-18)23(33)29-17-3-4-20-21(11-17)35-6-5-34-20/h3-4,7-11H,5-6,12H2,1-2H3,(H,29,33). The highest BCUT2D eigenvalue weighted by atomic mass is 35.5. The van der Waals surface area contributed by atoms with Crippen molar-refractivity contribution < 1.29 is 14.3 Å². The number of carbonyl (C=O) groups is 1. The Hall–Kier alpha value is -3.34. The molecule has 0 unspecified atom stereocenters. The van der Waals surface area contributed by atoms with Gasteiger partial charge in [0, 0.05) is 38.9 Å². The monoisotopic (exact) mass is 542 g/mol. The molecule has 36 heavy (non-hydrogen) atoms. The maximum absolute atomic E-state index is 13.3. The van der Waals surface area contributed by atoms with Gasteiger partial charge in [-0.2, -0.15) is 0 Å². The lowest BCUT2D eigenvalue weighted by Gasteiger charge is -2.18. The summed E-state index contributed by atoms with van der Waals surface area (Å²) in [5.41, 5.74) is 3.52. The third-order valence-electron chi connectivity index (χ3n) is 5.17. The van der Waals surface area contributed by atoms with Crippen LogP contribution in [0.3, 0.4) is 0 Å². The zero-order valence-corrected chi connectivity index (χ0v) is 21.6. The van der Waals surface area contributed by atoms with Gasteiger partial charge < -0.3 is 14.8 Å². The number of aryl methyl sites for hydroxylation is 2. The summed E-state index contributed by atoms with van der Waals surface area (Å²) >= 11 is 13.8. The first-order valence-corrected chi connectivity index (χ1v) is 12.7. The van der Waals surface area contributed by atoms with Crippen LogP contribution in [0.15, 0.2) is 47.6 Å². The van der Waals surface area contributed by atoms with Crippen molar-refractivity contribution >= 4 is 46.6 Å². The Bertz CT molecular complexity index is 1420. The number of nitrogens with one attached hydrogen (secondary N) is 1. The van der Waals surface area contributed by atoms with E-state index in [9.17, 15) is 4.79 Å². The molecular weight excluding hydrogens is 523 g/mol. The fraction of sp³-hybridized carbons (Fsp3) is 0.208. The molecule has 0 fully saturated rings. The van der Waals surface area contributed by atoms with Gasteiger partial charge in [0.15, 0.2) is 22.3 Å². The molecule has 184 valence electrons. The maximum atomic E-state index is 13.3. The minimum Gasteiger partial charge on any atom is -0.486 e. The molecule has 5 rings (SSSR count). The van der Waals surface area contributed by atoms with E-state index in [1.165, 1.54) is 11.8 Å². The van der Waals surface area contributed by atoms with Crippen molar-refractivity contribution in [2.75, 3.05) is 18.5 Å². The first kappa shape index (κ1) is 24.4. The lowest BCUT2D eigenvalue weighted by Crippen LogP contribution is -2.17. The predicted octanol–water partition coefficient (Wildman–Crippen LogP) is 5.30. The lowest BCUT2D eigenvalue weighted by atomic mass is 10.2. The fourth-order valence-electron chi connectivity index (χ4n) is 3.68. The highest BCUT2D eigenvalue weighted by Crippen LogP contribution is 2.33. The number of nitrogens with zero attached hydrogens (tertiary/aromatic N) is 5. The van der Waals surface area contributed by atoms with Crippen molar-refractivity contribution in [2.24, 2.45) is 0 Å². The molecule has 4 aromatic rings. The molecule has 0 bridgehead atoms. The smallest absolute Gasteiger partial charge is 0.278 e. The lowest BCUT2D eigenvalue weighted by molar-refractivity contribution is 0.102. The Morgan fingerprint density at radius 1 is 1.00 bits per heavy atom. The van der Waals surface area contributed by atoms with Crippen LogP contribution in [-0.2, 0) is 5.75 Å². The van der Waals surface area contributed by atoms with Crippen molar-refractivity contribution in [3.8, 4) is 17.2 Å². The van der Waals surface area contributed by atoms with E-state index in [0.29, 0.717) is 62.7 Å². The number of fused-ring (bicyclic) bond motifs is 1. The molecule has 1 aliphatic heterocycles. The molecule has 0 spiro atoms. The molecule has 9 nitrogen and oxygen atoms in total. The van der Waals surface area contributed by atoms with Crippen LogP contribution < -0.4 is 14.8 Å². The maximum Gasteiger partial charge on any atom is 0.278 e. The Kier molecular flexibility index (Phi) is 6.99. The molecule has 0 atom stereocenters. The molecule has 0 saturated heterocycles. The second kappa shape index (κ2) is 10.3. The Morgan fingerprint density at radius 2 is 1.69 bits per heavy atom. The van der Waals surface area contributed by atoms with Crippen LogP contribution >= 0.6 is 35.0 Å². The van der Waals surface area contributed by atoms with Crippen molar-refractivity contribution in [1.82, 2.24) is 25.0 Å².